The highest BCUT2D eigenvalue weighted by Gasteiger charge is 2.41. The van der Waals surface area contributed by atoms with Gasteiger partial charge in [0.05, 0.1) is 5.41 Å². The number of aromatic nitrogens is 2. The summed E-state index contributed by atoms with van der Waals surface area (Å²) < 4.78 is 5.61. The lowest BCUT2D eigenvalue weighted by Gasteiger charge is -2.36. The smallest absolute Gasteiger partial charge is 0.235 e. The van der Waals surface area contributed by atoms with Crippen molar-refractivity contribution in [2.24, 2.45) is 0 Å². The minimum absolute atomic E-state index is 0.00757. The van der Waals surface area contributed by atoms with Gasteiger partial charge in [0.25, 0.3) is 0 Å². The first-order chi connectivity index (χ1) is 16.6. The van der Waals surface area contributed by atoms with E-state index in [1.165, 1.54) is 0 Å². The summed E-state index contributed by atoms with van der Waals surface area (Å²) >= 11 is 0. The Kier molecular flexibility index (Phi) is 6.06. The second-order valence-electron chi connectivity index (χ2n) is 8.50. The van der Waals surface area contributed by atoms with Crippen molar-refractivity contribution in [3.05, 3.63) is 96.8 Å². The van der Waals surface area contributed by atoms with Crippen LogP contribution >= 0.6 is 0 Å². The number of carbonyl (C=O) groups is 1. The lowest BCUT2D eigenvalue weighted by atomic mass is 9.73. The van der Waals surface area contributed by atoms with Crippen LogP contribution in [0.15, 0.2) is 91.3 Å². The fourth-order valence-electron chi connectivity index (χ4n) is 4.46. The molecular weight excluding hydrogens is 424 g/mol. The van der Waals surface area contributed by atoms with Gasteiger partial charge in [0, 0.05) is 36.9 Å². The molecule has 0 unspecified atom stereocenters. The molecule has 0 radical (unpaired) electrons. The molecule has 6 nitrogen and oxygen atoms in total. The van der Waals surface area contributed by atoms with Gasteiger partial charge in [-0.1, -0.05) is 66.7 Å². The topological polar surface area (TPSA) is 90.1 Å². The molecule has 1 saturated heterocycles. The highest BCUT2D eigenvalue weighted by Crippen LogP contribution is 2.37. The van der Waals surface area contributed by atoms with E-state index in [0.29, 0.717) is 26.1 Å². The third-order valence-corrected chi connectivity index (χ3v) is 6.47. The predicted octanol–water partition coefficient (Wildman–Crippen LogP) is 5.08. The lowest BCUT2D eigenvalue weighted by Crippen LogP contribution is -2.44. The van der Waals surface area contributed by atoms with E-state index in [0.717, 1.165) is 33.5 Å². The van der Waals surface area contributed by atoms with E-state index < -0.39 is 5.41 Å². The zero-order valence-corrected chi connectivity index (χ0v) is 18.8. The van der Waals surface area contributed by atoms with Crippen LogP contribution in [0.5, 0.6) is 0 Å². The van der Waals surface area contributed by atoms with Crippen LogP contribution in [0.4, 0.5) is 11.6 Å². The normalized spacial score (nSPS) is 14.9. The molecular formula is C28H26N4O2. The molecule has 1 amide bonds. The third-order valence-electron chi connectivity index (χ3n) is 6.47. The summed E-state index contributed by atoms with van der Waals surface area (Å²) in [4.78, 5) is 21.8. The number of benzene rings is 3. The van der Waals surface area contributed by atoms with Gasteiger partial charge in [-0.2, -0.15) is 0 Å². The van der Waals surface area contributed by atoms with Gasteiger partial charge in [-0.3, -0.25) is 4.79 Å². The van der Waals surface area contributed by atoms with Crippen LogP contribution in [-0.4, -0.2) is 29.1 Å². The molecule has 0 bridgehead atoms. The molecule has 1 fully saturated rings. The van der Waals surface area contributed by atoms with Crippen LogP contribution in [0.25, 0.3) is 22.3 Å². The molecule has 1 aromatic heterocycles. The molecule has 1 aliphatic rings. The van der Waals surface area contributed by atoms with Crippen molar-refractivity contribution >= 4 is 17.5 Å². The molecule has 1 aliphatic heterocycles. The number of carbonyl (C=O) groups excluding carboxylic acids is 1. The van der Waals surface area contributed by atoms with E-state index in [2.05, 4.69) is 27.4 Å². The van der Waals surface area contributed by atoms with E-state index >= 15 is 0 Å². The average molecular weight is 451 g/mol. The number of ether oxygens (including phenoxy) is 1. The van der Waals surface area contributed by atoms with Crippen LogP contribution in [0, 0.1) is 0 Å². The number of amides is 1. The summed E-state index contributed by atoms with van der Waals surface area (Å²) in [5, 5.41) is 3.15. The molecule has 0 saturated carbocycles. The van der Waals surface area contributed by atoms with Crippen molar-refractivity contribution in [2.45, 2.75) is 18.3 Å². The maximum Gasteiger partial charge on any atom is 0.235 e. The minimum Gasteiger partial charge on any atom is -0.381 e. The first kappa shape index (κ1) is 21.8. The Labute approximate surface area is 198 Å². The molecule has 34 heavy (non-hydrogen) atoms. The molecule has 170 valence electrons. The van der Waals surface area contributed by atoms with Gasteiger partial charge in [-0.05, 0) is 47.2 Å². The van der Waals surface area contributed by atoms with Crippen LogP contribution < -0.4 is 11.1 Å². The second kappa shape index (κ2) is 9.45. The zero-order chi connectivity index (χ0) is 23.4. The Balaban J connectivity index is 1.38. The highest BCUT2D eigenvalue weighted by atomic mass is 16.5. The number of rotatable bonds is 5. The number of hydrogen-bond acceptors (Lipinski definition) is 5. The lowest BCUT2D eigenvalue weighted by molar-refractivity contribution is -0.125. The Morgan fingerprint density at radius 3 is 1.97 bits per heavy atom. The van der Waals surface area contributed by atoms with Crippen LogP contribution in [0.1, 0.15) is 18.4 Å². The van der Waals surface area contributed by atoms with E-state index in [-0.39, 0.29) is 11.9 Å². The summed E-state index contributed by atoms with van der Waals surface area (Å²) in [6, 6.07) is 26.2. The van der Waals surface area contributed by atoms with E-state index in [9.17, 15) is 4.79 Å². The standard InChI is InChI=1S/C28H26N4O2/c29-27-30-18-23(19-31-27)22-6-10-24(11-7-22)28(14-16-34-17-15-28)26(33)32-25-12-8-21(9-13-25)20-4-2-1-3-5-20/h1-13,18-19H,14-17H2,(H,32,33)(H2,29,30,31). The van der Waals surface area contributed by atoms with Gasteiger partial charge in [0.1, 0.15) is 0 Å². The van der Waals surface area contributed by atoms with Crippen LogP contribution in [0.2, 0.25) is 0 Å². The maximum atomic E-state index is 13.6. The largest absolute Gasteiger partial charge is 0.381 e. The quantitative estimate of drug-likeness (QED) is 0.443. The predicted molar refractivity (Wildman–Crippen MR) is 134 cm³/mol. The Bertz CT molecular complexity index is 1250. The van der Waals surface area contributed by atoms with Gasteiger partial charge in [0.2, 0.25) is 11.9 Å². The van der Waals surface area contributed by atoms with Crippen molar-refractivity contribution in [2.75, 3.05) is 24.3 Å². The monoisotopic (exact) mass is 450 g/mol. The molecule has 5 rings (SSSR count). The summed E-state index contributed by atoms with van der Waals surface area (Å²) in [6.45, 7) is 1.10. The number of nitrogen functional groups attached to an aromatic ring is 1. The molecule has 3 N–H and O–H groups in total. The Morgan fingerprint density at radius 1 is 0.765 bits per heavy atom. The summed E-state index contributed by atoms with van der Waals surface area (Å²) in [5.74, 6) is 0.238. The van der Waals surface area contributed by atoms with Crippen molar-refractivity contribution in [3.8, 4) is 22.3 Å². The number of nitrogens with two attached hydrogens (primary N) is 1. The fraction of sp³-hybridized carbons (Fsp3) is 0.179. The summed E-state index contributed by atoms with van der Waals surface area (Å²) in [5.41, 5.74) is 10.8. The molecule has 2 heterocycles. The van der Waals surface area contributed by atoms with Crippen LogP contribution in [0.3, 0.4) is 0 Å². The molecule has 4 aromatic rings. The molecule has 0 aliphatic carbocycles. The van der Waals surface area contributed by atoms with E-state index in [1.807, 2.05) is 66.7 Å². The zero-order valence-electron chi connectivity index (χ0n) is 18.8. The average Bonchev–Trinajstić information content (AvgIpc) is 2.90. The number of hydrogen-bond donors (Lipinski definition) is 2. The van der Waals surface area contributed by atoms with Crippen molar-refractivity contribution < 1.29 is 9.53 Å². The highest BCUT2D eigenvalue weighted by molar-refractivity contribution is 5.99. The molecule has 0 spiro atoms. The van der Waals surface area contributed by atoms with Gasteiger partial charge in [-0.15, -0.1) is 0 Å². The van der Waals surface area contributed by atoms with Gasteiger partial charge in [-0.25, -0.2) is 9.97 Å². The fourth-order valence-corrected chi connectivity index (χ4v) is 4.46. The van der Waals surface area contributed by atoms with Crippen molar-refractivity contribution in [3.63, 3.8) is 0 Å². The Hall–Kier alpha value is -4.03. The first-order valence-electron chi connectivity index (χ1n) is 11.4. The first-order valence-corrected chi connectivity index (χ1v) is 11.4. The second-order valence-corrected chi connectivity index (χ2v) is 8.50. The number of nitrogens with one attached hydrogen (secondary N) is 1. The molecule has 6 heteroatoms. The van der Waals surface area contributed by atoms with Gasteiger partial charge in [0.15, 0.2) is 0 Å². The maximum absolute atomic E-state index is 13.6. The molecule has 3 aromatic carbocycles. The SMILES string of the molecule is Nc1ncc(-c2ccc(C3(C(=O)Nc4ccc(-c5ccccc5)cc4)CCOCC3)cc2)cn1. The van der Waals surface area contributed by atoms with Gasteiger partial charge < -0.3 is 15.8 Å². The molecule has 0 atom stereocenters. The van der Waals surface area contributed by atoms with Gasteiger partial charge >= 0.3 is 0 Å². The van der Waals surface area contributed by atoms with Crippen molar-refractivity contribution in [1.82, 2.24) is 9.97 Å². The van der Waals surface area contributed by atoms with E-state index in [1.54, 1.807) is 12.4 Å². The van der Waals surface area contributed by atoms with Crippen LogP contribution in [-0.2, 0) is 14.9 Å². The van der Waals surface area contributed by atoms with Crippen molar-refractivity contribution in [1.29, 1.82) is 0 Å². The Morgan fingerprint density at radius 2 is 1.32 bits per heavy atom. The minimum atomic E-state index is -0.646. The van der Waals surface area contributed by atoms with E-state index in [4.69, 9.17) is 10.5 Å². The third kappa shape index (κ3) is 4.40. The number of nitrogens with zero attached hydrogens (tertiary/aromatic N) is 2. The summed E-state index contributed by atoms with van der Waals surface area (Å²) in [6.07, 6.45) is 4.66. The summed E-state index contributed by atoms with van der Waals surface area (Å²) in [7, 11) is 0. The number of anilines is 2.